The number of carbonyl (C=O) groups excluding carboxylic acids is 1. The Hall–Kier alpha value is -4.44. The zero-order valence-corrected chi connectivity index (χ0v) is 22.4. The quantitative estimate of drug-likeness (QED) is 0.156. The SMILES string of the molecule is COc1cc2cc(C(=O)N3CC(CCl)c4ccc(NCc5ccc([N+](=O)[O-])cc5)cc43)[nH]c2c(OC)c1OC. The first kappa shape index (κ1) is 26.2. The Morgan fingerprint density at radius 2 is 1.82 bits per heavy atom. The maximum atomic E-state index is 13.8. The Morgan fingerprint density at radius 1 is 1.08 bits per heavy atom. The molecule has 2 heterocycles. The molecule has 1 unspecified atom stereocenters. The van der Waals surface area contributed by atoms with Crippen molar-refractivity contribution >= 4 is 45.5 Å². The molecular formula is C28H27ClN4O6. The number of nitrogens with one attached hydrogen (secondary N) is 2. The topological polar surface area (TPSA) is 119 Å². The molecule has 0 saturated carbocycles. The average molecular weight is 551 g/mol. The van der Waals surface area contributed by atoms with Gasteiger partial charge in [-0.2, -0.15) is 0 Å². The molecule has 202 valence electrons. The van der Waals surface area contributed by atoms with Gasteiger partial charge in [0.05, 0.1) is 31.8 Å². The number of methoxy groups -OCH3 is 3. The lowest BCUT2D eigenvalue weighted by Gasteiger charge is -2.18. The van der Waals surface area contributed by atoms with Crippen LogP contribution in [0.4, 0.5) is 17.1 Å². The van der Waals surface area contributed by atoms with Gasteiger partial charge in [0.25, 0.3) is 11.6 Å². The van der Waals surface area contributed by atoms with Crippen LogP contribution in [0.2, 0.25) is 0 Å². The summed E-state index contributed by atoms with van der Waals surface area (Å²) in [7, 11) is 4.61. The van der Waals surface area contributed by atoms with E-state index in [0.717, 1.165) is 27.9 Å². The molecular weight excluding hydrogens is 524 g/mol. The van der Waals surface area contributed by atoms with Crippen molar-refractivity contribution in [3.05, 3.63) is 81.5 Å². The van der Waals surface area contributed by atoms with Gasteiger partial charge in [-0.3, -0.25) is 14.9 Å². The number of halogens is 1. The third-order valence-electron chi connectivity index (χ3n) is 6.89. The fraction of sp³-hybridized carbons (Fsp3) is 0.250. The number of aromatic nitrogens is 1. The molecule has 5 rings (SSSR count). The predicted octanol–water partition coefficient (Wildman–Crippen LogP) is 5.70. The highest BCUT2D eigenvalue weighted by Crippen LogP contribution is 2.44. The summed E-state index contributed by atoms with van der Waals surface area (Å²) in [5.41, 5.74) is 4.55. The molecule has 0 spiro atoms. The average Bonchev–Trinajstić information content (AvgIpc) is 3.56. The van der Waals surface area contributed by atoms with Crippen LogP contribution < -0.4 is 24.4 Å². The van der Waals surface area contributed by atoms with Gasteiger partial charge in [-0.05, 0) is 35.4 Å². The van der Waals surface area contributed by atoms with E-state index in [4.69, 9.17) is 25.8 Å². The van der Waals surface area contributed by atoms with Crippen LogP contribution in [0, 0.1) is 10.1 Å². The number of nitro groups is 1. The van der Waals surface area contributed by atoms with Gasteiger partial charge in [0.2, 0.25) is 5.75 Å². The number of H-pyrrole nitrogens is 1. The van der Waals surface area contributed by atoms with Crippen molar-refractivity contribution in [1.82, 2.24) is 4.98 Å². The molecule has 0 saturated heterocycles. The van der Waals surface area contributed by atoms with Crippen LogP contribution in [0.15, 0.2) is 54.6 Å². The summed E-state index contributed by atoms with van der Waals surface area (Å²) in [6.07, 6.45) is 0. The van der Waals surface area contributed by atoms with Gasteiger partial charge in [0.1, 0.15) is 5.69 Å². The summed E-state index contributed by atoms with van der Waals surface area (Å²) in [6.45, 7) is 0.914. The number of amides is 1. The number of nitrogens with zero attached hydrogens (tertiary/aromatic N) is 2. The molecule has 0 aliphatic carbocycles. The number of anilines is 2. The highest BCUT2D eigenvalue weighted by atomic mass is 35.5. The van der Waals surface area contributed by atoms with E-state index in [1.54, 1.807) is 36.3 Å². The second-order valence-electron chi connectivity index (χ2n) is 9.11. The Bertz CT molecular complexity index is 1550. The molecule has 0 fully saturated rings. The second-order valence-corrected chi connectivity index (χ2v) is 9.42. The molecule has 3 aromatic carbocycles. The van der Waals surface area contributed by atoms with Gasteiger partial charge >= 0.3 is 0 Å². The first-order valence-electron chi connectivity index (χ1n) is 12.2. The maximum Gasteiger partial charge on any atom is 0.274 e. The van der Waals surface area contributed by atoms with E-state index in [1.165, 1.54) is 26.4 Å². The largest absolute Gasteiger partial charge is 0.493 e. The minimum Gasteiger partial charge on any atom is -0.493 e. The summed E-state index contributed by atoms with van der Waals surface area (Å²) < 4.78 is 16.5. The molecule has 0 radical (unpaired) electrons. The van der Waals surface area contributed by atoms with E-state index in [1.807, 2.05) is 18.2 Å². The van der Waals surface area contributed by atoms with E-state index < -0.39 is 4.92 Å². The van der Waals surface area contributed by atoms with Gasteiger partial charge in [-0.15, -0.1) is 11.6 Å². The van der Waals surface area contributed by atoms with Crippen LogP contribution in [0.3, 0.4) is 0 Å². The van der Waals surface area contributed by atoms with E-state index in [-0.39, 0.29) is 17.5 Å². The highest BCUT2D eigenvalue weighted by molar-refractivity contribution is 6.19. The van der Waals surface area contributed by atoms with Gasteiger partial charge in [-0.1, -0.05) is 18.2 Å². The van der Waals surface area contributed by atoms with Crippen molar-refractivity contribution in [3.63, 3.8) is 0 Å². The molecule has 11 heteroatoms. The minimum atomic E-state index is -0.424. The lowest BCUT2D eigenvalue weighted by atomic mass is 10.0. The molecule has 39 heavy (non-hydrogen) atoms. The predicted molar refractivity (Wildman–Crippen MR) is 150 cm³/mol. The molecule has 0 bridgehead atoms. The molecule has 4 aromatic rings. The van der Waals surface area contributed by atoms with Crippen LogP contribution in [0.1, 0.15) is 27.5 Å². The normalized spacial score (nSPS) is 14.3. The molecule has 2 N–H and O–H groups in total. The summed E-state index contributed by atoms with van der Waals surface area (Å²) in [5, 5.41) is 15.0. The van der Waals surface area contributed by atoms with E-state index in [2.05, 4.69) is 10.3 Å². The molecule has 10 nitrogen and oxygen atoms in total. The second kappa shape index (κ2) is 10.7. The number of nitro benzene ring substituents is 1. The highest BCUT2D eigenvalue weighted by Gasteiger charge is 2.33. The number of benzene rings is 3. The van der Waals surface area contributed by atoms with Crippen LogP contribution in [-0.2, 0) is 6.54 Å². The number of hydrogen-bond donors (Lipinski definition) is 2. The van der Waals surface area contributed by atoms with Crippen LogP contribution >= 0.6 is 11.6 Å². The number of hydrogen-bond acceptors (Lipinski definition) is 7. The zero-order chi connectivity index (χ0) is 27.7. The molecule has 1 aliphatic rings. The number of non-ortho nitro benzene ring substituents is 1. The third-order valence-corrected chi connectivity index (χ3v) is 7.26. The number of ether oxygens (including phenoxy) is 3. The van der Waals surface area contributed by atoms with Crippen molar-refractivity contribution in [2.45, 2.75) is 12.5 Å². The van der Waals surface area contributed by atoms with Crippen LogP contribution in [0.5, 0.6) is 17.2 Å². The maximum absolute atomic E-state index is 13.8. The summed E-state index contributed by atoms with van der Waals surface area (Å²) in [5.74, 6) is 1.55. The summed E-state index contributed by atoms with van der Waals surface area (Å²) >= 11 is 6.28. The fourth-order valence-electron chi connectivity index (χ4n) is 4.92. The van der Waals surface area contributed by atoms with Crippen LogP contribution in [0.25, 0.3) is 10.9 Å². The number of carbonyl (C=O) groups is 1. The van der Waals surface area contributed by atoms with Gasteiger partial charge in [0.15, 0.2) is 11.5 Å². The molecule has 1 amide bonds. The third kappa shape index (κ3) is 4.79. The van der Waals surface area contributed by atoms with Crippen molar-refractivity contribution in [2.75, 3.05) is 44.0 Å². The Morgan fingerprint density at radius 3 is 2.46 bits per heavy atom. The first-order valence-corrected chi connectivity index (χ1v) is 12.7. The smallest absolute Gasteiger partial charge is 0.274 e. The van der Waals surface area contributed by atoms with Crippen LogP contribution in [-0.4, -0.2) is 49.6 Å². The molecule has 1 aliphatic heterocycles. The van der Waals surface area contributed by atoms with Gasteiger partial charge < -0.3 is 29.4 Å². The Kier molecular flexibility index (Phi) is 7.21. The lowest BCUT2D eigenvalue weighted by Crippen LogP contribution is -2.30. The van der Waals surface area contributed by atoms with Crippen molar-refractivity contribution in [3.8, 4) is 17.2 Å². The Balaban J connectivity index is 1.44. The van der Waals surface area contributed by atoms with E-state index in [9.17, 15) is 14.9 Å². The number of rotatable bonds is 9. The van der Waals surface area contributed by atoms with Gasteiger partial charge in [0, 0.05) is 53.8 Å². The first-order chi connectivity index (χ1) is 18.9. The lowest BCUT2D eigenvalue weighted by molar-refractivity contribution is -0.384. The fourth-order valence-corrected chi connectivity index (χ4v) is 5.18. The van der Waals surface area contributed by atoms with Gasteiger partial charge in [-0.25, -0.2) is 0 Å². The minimum absolute atomic E-state index is 0.00607. The van der Waals surface area contributed by atoms with Crippen molar-refractivity contribution in [2.24, 2.45) is 0 Å². The standard InChI is InChI=1S/C28H27ClN4O6/c1-37-24-11-17-10-22(31-25(17)27(39-3)26(24)38-2)28(34)32-15-18(13-29)21-9-6-19(12-23(21)32)30-14-16-4-7-20(8-5-16)33(35)36/h4-12,18,30-31H,13-15H2,1-3H3. The van der Waals surface area contributed by atoms with E-state index >= 15 is 0 Å². The number of aromatic amines is 1. The molecule has 1 aromatic heterocycles. The monoisotopic (exact) mass is 550 g/mol. The molecule has 1 atom stereocenters. The summed E-state index contributed by atoms with van der Waals surface area (Å²) in [6, 6.07) is 15.8. The number of fused-ring (bicyclic) bond motifs is 2. The summed E-state index contributed by atoms with van der Waals surface area (Å²) in [4.78, 5) is 29.2. The van der Waals surface area contributed by atoms with E-state index in [0.29, 0.717) is 47.4 Å². The zero-order valence-electron chi connectivity index (χ0n) is 21.6. The Labute approximate surface area is 229 Å². The van der Waals surface area contributed by atoms with Crippen molar-refractivity contribution in [1.29, 1.82) is 0 Å². The number of alkyl halides is 1. The van der Waals surface area contributed by atoms with Crippen molar-refractivity contribution < 1.29 is 23.9 Å².